The van der Waals surface area contributed by atoms with Crippen LogP contribution in [0.4, 0.5) is 10.5 Å². The lowest BCUT2D eigenvalue weighted by atomic mass is 10.2. The number of hydrogen-bond donors (Lipinski definition) is 3. The minimum Gasteiger partial charge on any atom is -0.335 e. The second-order valence-corrected chi connectivity index (χ2v) is 6.92. The number of anilines is 1. The molecule has 1 atom stereocenters. The summed E-state index contributed by atoms with van der Waals surface area (Å²) in [4.78, 5) is 38.5. The number of nitrogens with one attached hydrogen (secondary N) is 3. The first-order valence-electron chi connectivity index (χ1n) is 8.15. The zero-order valence-corrected chi connectivity index (χ0v) is 15.5. The van der Waals surface area contributed by atoms with Crippen LogP contribution in [0.2, 0.25) is 0 Å². The number of thioether (sulfide) groups is 1. The zero-order chi connectivity index (χ0) is 18.4. The number of carbonyl (C=O) groups is 3. The maximum atomic E-state index is 12.2. The minimum atomic E-state index is -0.605. The number of imide groups is 1. The van der Waals surface area contributed by atoms with Crippen molar-refractivity contribution >= 4 is 35.3 Å². The van der Waals surface area contributed by atoms with Crippen molar-refractivity contribution in [3.63, 3.8) is 0 Å². The first-order valence-corrected chi connectivity index (χ1v) is 9.37. The summed E-state index contributed by atoms with van der Waals surface area (Å²) < 4.78 is 0. The van der Waals surface area contributed by atoms with Crippen molar-refractivity contribution in [2.75, 3.05) is 25.2 Å². The Labute approximate surface area is 151 Å². The number of hydrogen-bond acceptors (Lipinski definition) is 5. The largest absolute Gasteiger partial charge is 0.335 e. The van der Waals surface area contributed by atoms with E-state index in [1.807, 2.05) is 30.5 Å². The number of likely N-dealkylation sites (N-methyl/N-ethyl adjacent to an activating group) is 1. The first kappa shape index (κ1) is 19.3. The van der Waals surface area contributed by atoms with Crippen LogP contribution >= 0.6 is 11.8 Å². The topological polar surface area (TPSA) is 90.5 Å². The van der Waals surface area contributed by atoms with E-state index in [1.165, 1.54) is 0 Å². The second-order valence-electron chi connectivity index (χ2n) is 6.08. The van der Waals surface area contributed by atoms with E-state index >= 15 is 0 Å². The average Bonchev–Trinajstić information content (AvgIpc) is 3.38. The van der Waals surface area contributed by atoms with Gasteiger partial charge in [-0.15, -0.1) is 11.8 Å². The molecule has 1 unspecified atom stereocenters. The maximum Gasteiger partial charge on any atom is 0.321 e. The summed E-state index contributed by atoms with van der Waals surface area (Å²) in [6.45, 7) is 1.70. The van der Waals surface area contributed by atoms with Gasteiger partial charge in [0.1, 0.15) is 0 Å². The third kappa shape index (κ3) is 6.06. The molecule has 8 heteroatoms. The summed E-state index contributed by atoms with van der Waals surface area (Å²) >= 11 is 1.55. The Kier molecular flexibility index (Phi) is 6.83. The summed E-state index contributed by atoms with van der Waals surface area (Å²) in [5.74, 6) is -0.649. The van der Waals surface area contributed by atoms with Gasteiger partial charge in [-0.1, -0.05) is 12.1 Å². The predicted octanol–water partition coefficient (Wildman–Crippen LogP) is 1.66. The quantitative estimate of drug-likeness (QED) is 0.640. The third-order valence-corrected chi connectivity index (χ3v) is 4.76. The van der Waals surface area contributed by atoms with Crippen LogP contribution in [0.1, 0.15) is 19.8 Å². The maximum absolute atomic E-state index is 12.2. The van der Waals surface area contributed by atoms with Crippen LogP contribution in [-0.2, 0) is 9.59 Å². The van der Waals surface area contributed by atoms with Crippen LogP contribution in [0.5, 0.6) is 0 Å². The Morgan fingerprint density at radius 1 is 1.28 bits per heavy atom. The molecule has 3 N–H and O–H groups in total. The Hall–Kier alpha value is -2.06. The molecule has 0 bridgehead atoms. The number of urea groups is 1. The fourth-order valence-electron chi connectivity index (χ4n) is 2.17. The van der Waals surface area contributed by atoms with E-state index in [0.29, 0.717) is 0 Å². The average molecular weight is 364 g/mol. The summed E-state index contributed by atoms with van der Waals surface area (Å²) in [5.41, 5.74) is 0.745. The molecular formula is C17H24N4O3S. The van der Waals surface area contributed by atoms with Crippen LogP contribution in [0.3, 0.4) is 0 Å². The smallest absolute Gasteiger partial charge is 0.321 e. The van der Waals surface area contributed by atoms with Crippen LogP contribution in [0.15, 0.2) is 29.2 Å². The summed E-state index contributed by atoms with van der Waals surface area (Å²) in [6.07, 6.45) is 3.85. The highest BCUT2D eigenvalue weighted by Gasteiger charge is 2.26. The number of para-hydroxylation sites is 1. The van der Waals surface area contributed by atoms with E-state index in [0.717, 1.165) is 23.4 Å². The van der Waals surface area contributed by atoms with E-state index in [1.54, 1.807) is 30.6 Å². The van der Waals surface area contributed by atoms with E-state index < -0.39 is 18.0 Å². The molecule has 0 heterocycles. The van der Waals surface area contributed by atoms with E-state index in [9.17, 15) is 14.4 Å². The fourth-order valence-corrected chi connectivity index (χ4v) is 2.72. The Morgan fingerprint density at radius 3 is 2.60 bits per heavy atom. The van der Waals surface area contributed by atoms with Crippen LogP contribution in [0, 0.1) is 0 Å². The Bertz CT molecular complexity index is 649. The minimum absolute atomic E-state index is 0.0432. The molecule has 0 saturated heterocycles. The van der Waals surface area contributed by atoms with Gasteiger partial charge in [0.25, 0.3) is 0 Å². The number of carbonyl (C=O) groups excluding carboxylic acids is 3. The monoisotopic (exact) mass is 364 g/mol. The van der Waals surface area contributed by atoms with Gasteiger partial charge in [0.15, 0.2) is 0 Å². The number of rotatable bonds is 7. The number of nitrogens with zero attached hydrogens (tertiary/aromatic N) is 1. The van der Waals surface area contributed by atoms with Crippen molar-refractivity contribution in [2.24, 2.45) is 0 Å². The molecule has 4 amide bonds. The second kappa shape index (κ2) is 8.87. The SMILES string of the molecule is CSc1ccccc1NC(=O)CN(C)C(C)C(=O)NC(=O)NC1CC1. The molecular weight excluding hydrogens is 340 g/mol. The van der Waals surface area contributed by atoms with Gasteiger partial charge in [-0.25, -0.2) is 4.79 Å². The molecule has 0 radical (unpaired) electrons. The molecule has 0 aliphatic heterocycles. The molecule has 1 aromatic rings. The molecule has 136 valence electrons. The van der Waals surface area contributed by atoms with Crippen molar-refractivity contribution < 1.29 is 14.4 Å². The van der Waals surface area contributed by atoms with Gasteiger partial charge in [0.05, 0.1) is 18.3 Å². The summed E-state index contributed by atoms with van der Waals surface area (Å²) in [5, 5.41) is 7.85. The molecule has 0 aromatic heterocycles. The third-order valence-electron chi connectivity index (χ3n) is 3.96. The van der Waals surface area contributed by atoms with Crippen LogP contribution in [-0.4, -0.2) is 54.7 Å². The highest BCUT2D eigenvalue weighted by molar-refractivity contribution is 7.98. The summed E-state index contributed by atoms with van der Waals surface area (Å²) in [7, 11) is 1.67. The molecule has 7 nitrogen and oxygen atoms in total. The predicted molar refractivity (Wildman–Crippen MR) is 98.6 cm³/mol. The lowest BCUT2D eigenvalue weighted by molar-refractivity contribution is -0.125. The molecule has 1 aliphatic rings. The van der Waals surface area contributed by atoms with Gasteiger partial charge < -0.3 is 10.6 Å². The van der Waals surface area contributed by atoms with Gasteiger partial charge in [-0.3, -0.25) is 19.8 Å². The highest BCUT2D eigenvalue weighted by Crippen LogP contribution is 2.24. The van der Waals surface area contributed by atoms with Gasteiger partial charge in [-0.2, -0.15) is 0 Å². The molecule has 2 rings (SSSR count). The van der Waals surface area contributed by atoms with Crippen molar-refractivity contribution in [3.05, 3.63) is 24.3 Å². The van der Waals surface area contributed by atoms with Gasteiger partial charge in [-0.05, 0) is 45.2 Å². The number of benzene rings is 1. The van der Waals surface area contributed by atoms with Gasteiger partial charge in [0.2, 0.25) is 11.8 Å². The molecule has 1 saturated carbocycles. The standard InChI is InChI=1S/C17H24N4O3S/c1-11(16(23)20-17(24)18-12-8-9-12)21(2)10-15(22)19-13-6-4-5-7-14(13)25-3/h4-7,11-12H,8-10H2,1-3H3,(H,19,22)(H2,18,20,23,24). The Balaban J connectivity index is 1.82. The highest BCUT2D eigenvalue weighted by atomic mass is 32.2. The van der Waals surface area contributed by atoms with Crippen LogP contribution in [0.25, 0.3) is 0 Å². The number of amides is 4. The lowest BCUT2D eigenvalue weighted by Crippen LogP contribution is -2.50. The van der Waals surface area contributed by atoms with E-state index in [2.05, 4.69) is 16.0 Å². The van der Waals surface area contributed by atoms with Gasteiger partial charge >= 0.3 is 6.03 Å². The van der Waals surface area contributed by atoms with Gasteiger partial charge in [0, 0.05) is 10.9 Å². The molecule has 25 heavy (non-hydrogen) atoms. The first-order chi connectivity index (χ1) is 11.9. The summed E-state index contributed by atoms with van der Waals surface area (Å²) in [6, 6.07) is 6.63. The van der Waals surface area contributed by atoms with Crippen molar-refractivity contribution in [2.45, 2.75) is 36.7 Å². The van der Waals surface area contributed by atoms with Crippen molar-refractivity contribution in [1.82, 2.24) is 15.5 Å². The van der Waals surface area contributed by atoms with E-state index in [-0.39, 0.29) is 18.5 Å². The van der Waals surface area contributed by atoms with E-state index in [4.69, 9.17) is 0 Å². The van der Waals surface area contributed by atoms with Crippen molar-refractivity contribution in [1.29, 1.82) is 0 Å². The molecule has 0 spiro atoms. The fraction of sp³-hybridized carbons (Fsp3) is 0.471. The Morgan fingerprint density at radius 2 is 1.96 bits per heavy atom. The van der Waals surface area contributed by atoms with Crippen LogP contribution < -0.4 is 16.0 Å². The molecule has 1 aliphatic carbocycles. The van der Waals surface area contributed by atoms with Crippen molar-refractivity contribution in [3.8, 4) is 0 Å². The zero-order valence-electron chi connectivity index (χ0n) is 14.7. The lowest BCUT2D eigenvalue weighted by Gasteiger charge is -2.23. The molecule has 1 fully saturated rings. The normalized spacial score (nSPS) is 14.7. The molecule has 1 aromatic carbocycles.